The molecule has 0 aromatic carbocycles. The molecule has 1 aromatic rings. The SMILES string of the molecule is Cn1ncc2c1C=C1CC[C@@H]3[C@H]([C@@H](O)C[C@@]4(C)[C@H]3C[C@H]3OC(P)O[C@]34C(=O)CO)[C@@]1(C)C2. The standard InChI is InChI=1S/C24H33N2O5P/c1-22-8-12-10-25-26(3)16(12)6-13(22)4-5-14-15-7-19-24(18(29)11-27,31-21(32)30-19)23(15,2)9-17(28)20(14)22/h6,10,14-15,17,19-21,27-28H,4-5,7-9,11,32H2,1-3H3/t14-,15-,17-,19+,20+,21?,22-,23-,24+/m0/s1. The lowest BCUT2D eigenvalue weighted by Gasteiger charge is -2.60. The van der Waals surface area contributed by atoms with Crippen LogP contribution in [0.5, 0.6) is 0 Å². The highest BCUT2D eigenvalue weighted by Crippen LogP contribution is 2.70. The van der Waals surface area contributed by atoms with Crippen molar-refractivity contribution in [2.24, 2.45) is 35.6 Å². The Morgan fingerprint density at radius 1 is 1.41 bits per heavy atom. The molecular formula is C24H33N2O5P. The molecule has 2 N–H and O–H groups in total. The van der Waals surface area contributed by atoms with Crippen molar-refractivity contribution in [2.75, 3.05) is 6.61 Å². The summed E-state index contributed by atoms with van der Waals surface area (Å²) in [6.45, 7) is 3.83. The number of Topliss-reactive ketones (excluding diaryl/α,β-unsaturated/α-hetero) is 1. The van der Waals surface area contributed by atoms with Crippen LogP contribution in [0, 0.1) is 28.6 Å². The van der Waals surface area contributed by atoms with Crippen molar-refractivity contribution in [3.05, 3.63) is 23.0 Å². The Hall–Kier alpha value is -1.11. The summed E-state index contributed by atoms with van der Waals surface area (Å²) in [5.41, 5.74) is 1.94. The Bertz CT molecular complexity index is 1020. The van der Waals surface area contributed by atoms with Crippen LogP contribution in [0.25, 0.3) is 6.08 Å². The first-order valence-corrected chi connectivity index (χ1v) is 12.5. The summed E-state index contributed by atoms with van der Waals surface area (Å²) < 4.78 is 14.2. The Labute approximate surface area is 190 Å². The summed E-state index contributed by atoms with van der Waals surface area (Å²) in [5, 5.41) is 26.0. The Balaban J connectivity index is 1.42. The number of aryl methyl sites for hydroxylation is 1. The summed E-state index contributed by atoms with van der Waals surface area (Å²) in [6.07, 6.45) is 7.39. The number of ether oxygens (including phenoxy) is 2. The maximum absolute atomic E-state index is 13.2. The Morgan fingerprint density at radius 2 is 2.19 bits per heavy atom. The quantitative estimate of drug-likeness (QED) is 0.657. The van der Waals surface area contributed by atoms with Gasteiger partial charge in [-0.15, -0.1) is 0 Å². The van der Waals surface area contributed by atoms with Gasteiger partial charge in [-0.05, 0) is 66.9 Å². The van der Waals surface area contributed by atoms with E-state index in [0.29, 0.717) is 6.42 Å². The van der Waals surface area contributed by atoms with Crippen LogP contribution in [0.1, 0.15) is 50.8 Å². The number of hydrogen-bond acceptors (Lipinski definition) is 6. The predicted octanol–water partition coefficient (Wildman–Crippen LogP) is 2.06. The number of hydrogen-bond donors (Lipinski definition) is 2. The summed E-state index contributed by atoms with van der Waals surface area (Å²) in [5.74, 6) is 0.264. The number of fused-ring (bicyclic) bond motifs is 8. The minimum absolute atomic E-state index is 0.112. The van der Waals surface area contributed by atoms with Crippen LogP contribution < -0.4 is 0 Å². The van der Waals surface area contributed by atoms with E-state index in [1.165, 1.54) is 16.8 Å². The molecule has 0 spiro atoms. The van der Waals surface area contributed by atoms with Gasteiger partial charge in [0.05, 0.1) is 24.1 Å². The highest BCUT2D eigenvalue weighted by atomic mass is 31.0. The first-order valence-electron chi connectivity index (χ1n) is 11.8. The zero-order chi connectivity index (χ0) is 22.6. The first kappa shape index (κ1) is 21.4. The molecule has 10 atom stereocenters. The molecule has 1 saturated heterocycles. The normalized spacial score (nSPS) is 48.9. The predicted molar refractivity (Wildman–Crippen MR) is 120 cm³/mol. The van der Waals surface area contributed by atoms with Crippen LogP contribution >= 0.6 is 9.24 Å². The van der Waals surface area contributed by atoms with E-state index in [0.717, 1.165) is 25.7 Å². The third-order valence-electron chi connectivity index (χ3n) is 9.92. The zero-order valence-electron chi connectivity index (χ0n) is 19.0. The van der Waals surface area contributed by atoms with Crippen LogP contribution in [0.4, 0.5) is 0 Å². The highest BCUT2D eigenvalue weighted by molar-refractivity contribution is 7.17. The van der Waals surface area contributed by atoms with Gasteiger partial charge in [-0.25, -0.2) is 0 Å². The molecule has 6 rings (SSSR count). The van der Waals surface area contributed by atoms with Crippen molar-refractivity contribution in [1.29, 1.82) is 0 Å². The third-order valence-corrected chi connectivity index (χ3v) is 10.2. The third kappa shape index (κ3) is 2.39. The van der Waals surface area contributed by atoms with Crippen LogP contribution in [0.3, 0.4) is 0 Å². The van der Waals surface area contributed by atoms with E-state index in [1.54, 1.807) is 0 Å². The van der Waals surface area contributed by atoms with Gasteiger partial charge in [-0.1, -0.05) is 28.7 Å². The van der Waals surface area contributed by atoms with Gasteiger partial charge >= 0.3 is 0 Å². The highest BCUT2D eigenvalue weighted by Gasteiger charge is 2.75. The number of aliphatic hydroxyl groups is 2. The van der Waals surface area contributed by atoms with Gasteiger partial charge in [-0.2, -0.15) is 5.10 Å². The van der Waals surface area contributed by atoms with Gasteiger partial charge in [0, 0.05) is 12.5 Å². The minimum Gasteiger partial charge on any atom is -0.393 e. The molecule has 5 aliphatic rings. The number of nitrogens with zero attached hydrogens (tertiary/aromatic N) is 2. The van der Waals surface area contributed by atoms with E-state index in [1.807, 2.05) is 17.9 Å². The van der Waals surface area contributed by atoms with Crippen LogP contribution in [0.15, 0.2) is 11.8 Å². The van der Waals surface area contributed by atoms with E-state index in [-0.39, 0.29) is 35.1 Å². The van der Waals surface area contributed by atoms with Crippen molar-refractivity contribution in [3.63, 3.8) is 0 Å². The zero-order valence-corrected chi connectivity index (χ0v) is 20.1. The van der Waals surface area contributed by atoms with Gasteiger partial charge in [-0.3, -0.25) is 9.48 Å². The topological polar surface area (TPSA) is 93.8 Å². The molecule has 3 saturated carbocycles. The molecular weight excluding hydrogens is 427 g/mol. The molecule has 2 unspecified atom stereocenters. The molecule has 0 bridgehead atoms. The first-order chi connectivity index (χ1) is 15.2. The minimum atomic E-state index is -1.19. The van der Waals surface area contributed by atoms with Crippen molar-refractivity contribution in [1.82, 2.24) is 9.78 Å². The molecule has 4 aliphatic carbocycles. The molecule has 7 nitrogen and oxygen atoms in total. The van der Waals surface area contributed by atoms with E-state index in [2.05, 4.69) is 34.3 Å². The van der Waals surface area contributed by atoms with Crippen LogP contribution in [0.2, 0.25) is 0 Å². The van der Waals surface area contributed by atoms with Crippen molar-refractivity contribution >= 4 is 21.1 Å². The fraction of sp³-hybridized carbons (Fsp3) is 0.750. The van der Waals surface area contributed by atoms with Crippen LogP contribution in [-0.4, -0.2) is 56.2 Å². The summed E-state index contributed by atoms with van der Waals surface area (Å²) in [6, 6.07) is -0.566. The number of ketones is 1. The number of carbonyl (C=O) groups is 1. The smallest absolute Gasteiger partial charge is 0.193 e. The van der Waals surface area contributed by atoms with E-state index < -0.39 is 29.8 Å². The van der Waals surface area contributed by atoms with Gasteiger partial charge in [0.25, 0.3) is 0 Å². The fourth-order valence-electron chi connectivity index (χ4n) is 8.71. The maximum Gasteiger partial charge on any atom is 0.193 e. The molecule has 2 heterocycles. The number of rotatable bonds is 2. The van der Waals surface area contributed by atoms with Crippen LogP contribution in [-0.2, 0) is 27.7 Å². The molecule has 174 valence electrons. The second kappa shape index (κ2) is 6.73. The second-order valence-electron chi connectivity index (χ2n) is 11.1. The van der Waals surface area contributed by atoms with Crippen molar-refractivity contribution in [3.8, 4) is 0 Å². The lowest BCUT2D eigenvalue weighted by Crippen LogP contribution is -2.63. The lowest BCUT2D eigenvalue weighted by molar-refractivity contribution is -0.191. The molecule has 32 heavy (non-hydrogen) atoms. The van der Waals surface area contributed by atoms with E-state index in [4.69, 9.17) is 9.47 Å². The fourth-order valence-corrected chi connectivity index (χ4v) is 9.11. The van der Waals surface area contributed by atoms with Gasteiger partial charge in [0.1, 0.15) is 6.61 Å². The summed E-state index contributed by atoms with van der Waals surface area (Å²) in [4.78, 5) is 13.2. The molecule has 0 radical (unpaired) electrons. The molecule has 8 heteroatoms. The van der Waals surface area contributed by atoms with E-state index in [9.17, 15) is 15.0 Å². The number of carbonyl (C=O) groups excluding carboxylic acids is 1. The summed E-state index contributed by atoms with van der Waals surface area (Å²) in [7, 11) is 4.49. The monoisotopic (exact) mass is 460 g/mol. The Kier molecular flexibility index (Phi) is 4.51. The largest absolute Gasteiger partial charge is 0.393 e. The molecule has 1 aliphatic heterocycles. The molecule has 0 amide bonds. The van der Waals surface area contributed by atoms with Gasteiger partial charge < -0.3 is 19.7 Å². The number of aliphatic hydroxyl groups excluding tert-OH is 2. The summed E-state index contributed by atoms with van der Waals surface area (Å²) >= 11 is 0. The van der Waals surface area contributed by atoms with Crippen molar-refractivity contribution in [2.45, 2.75) is 69.8 Å². The average Bonchev–Trinajstić information content (AvgIpc) is 3.34. The second-order valence-corrected chi connectivity index (χ2v) is 11.7. The van der Waals surface area contributed by atoms with E-state index >= 15 is 0 Å². The molecule has 4 fully saturated rings. The molecule has 1 aromatic heterocycles. The van der Waals surface area contributed by atoms with Gasteiger partial charge in [0.2, 0.25) is 0 Å². The maximum atomic E-state index is 13.2. The van der Waals surface area contributed by atoms with Crippen molar-refractivity contribution < 1.29 is 24.5 Å². The number of allylic oxidation sites excluding steroid dienone is 1. The average molecular weight is 461 g/mol. The number of aromatic nitrogens is 2. The van der Waals surface area contributed by atoms with Gasteiger partial charge in [0.15, 0.2) is 17.4 Å². The lowest BCUT2D eigenvalue weighted by atomic mass is 9.45. The Morgan fingerprint density at radius 3 is 2.94 bits per heavy atom.